The lowest BCUT2D eigenvalue weighted by Crippen LogP contribution is -2.39. The number of phenols is 1. The summed E-state index contributed by atoms with van der Waals surface area (Å²) < 4.78 is 19.5. The summed E-state index contributed by atoms with van der Waals surface area (Å²) in [5.41, 5.74) is -1.19. The van der Waals surface area contributed by atoms with Gasteiger partial charge in [0.25, 0.3) is 0 Å². The Hall–Kier alpha value is -1.30. The third kappa shape index (κ3) is 2.26. The SMILES string of the molecule is COc1c(O)cc(F)c(C2(C(=O)O)CCCCC2)c1Br. The minimum absolute atomic E-state index is 0.0626. The molecule has 1 aliphatic carbocycles. The summed E-state index contributed by atoms with van der Waals surface area (Å²) in [6, 6.07) is 0.915. The molecule has 0 saturated heterocycles. The molecule has 0 atom stereocenters. The van der Waals surface area contributed by atoms with E-state index in [2.05, 4.69) is 15.9 Å². The second kappa shape index (κ2) is 5.60. The number of methoxy groups -OCH3 is 1. The molecule has 0 bridgehead atoms. The van der Waals surface area contributed by atoms with Gasteiger partial charge in [0.15, 0.2) is 11.5 Å². The molecule has 4 nitrogen and oxygen atoms in total. The number of hydrogen-bond acceptors (Lipinski definition) is 3. The normalized spacial score (nSPS) is 17.8. The maximum absolute atomic E-state index is 14.3. The van der Waals surface area contributed by atoms with E-state index in [1.54, 1.807) is 0 Å². The van der Waals surface area contributed by atoms with Crippen LogP contribution in [0.5, 0.6) is 11.5 Å². The maximum atomic E-state index is 14.3. The van der Waals surface area contributed by atoms with Gasteiger partial charge >= 0.3 is 5.97 Å². The van der Waals surface area contributed by atoms with Gasteiger partial charge in [-0.1, -0.05) is 19.3 Å². The highest BCUT2D eigenvalue weighted by Crippen LogP contribution is 2.48. The second-order valence-corrected chi connectivity index (χ2v) is 5.84. The van der Waals surface area contributed by atoms with Gasteiger partial charge in [0.1, 0.15) is 5.82 Å². The first kappa shape index (κ1) is 15.1. The van der Waals surface area contributed by atoms with Crippen LogP contribution in [0.3, 0.4) is 0 Å². The Morgan fingerprint density at radius 2 is 2.00 bits per heavy atom. The Balaban J connectivity index is 2.68. The summed E-state index contributed by atoms with van der Waals surface area (Å²) in [7, 11) is 1.34. The molecule has 0 aromatic heterocycles. The van der Waals surface area contributed by atoms with E-state index in [0.29, 0.717) is 12.8 Å². The van der Waals surface area contributed by atoms with E-state index in [1.165, 1.54) is 7.11 Å². The van der Waals surface area contributed by atoms with E-state index < -0.39 is 17.2 Å². The molecule has 2 rings (SSSR count). The van der Waals surface area contributed by atoms with E-state index >= 15 is 0 Å². The average Bonchev–Trinajstić information content (AvgIpc) is 2.39. The van der Waals surface area contributed by atoms with Crippen LogP contribution in [0.2, 0.25) is 0 Å². The minimum atomic E-state index is -1.26. The highest BCUT2D eigenvalue weighted by atomic mass is 79.9. The zero-order valence-electron chi connectivity index (χ0n) is 11.1. The minimum Gasteiger partial charge on any atom is -0.504 e. The fraction of sp³-hybridized carbons (Fsp3) is 0.500. The molecule has 0 aliphatic heterocycles. The Morgan fingerprint density at radius 1 is 1.40 bits per heavy atom. The molecular weight excluding hydrogens is 331 g/mol. The fourth-order valence-electron chi connectivity index (χ4n) is 2.95. The van der Waals surface area contributed by atoms with Crippen LogP contribution in [0.15, 0.2) is 10.5 Å². The van der Waals surface area contributed by atoms with E-state index in [0.717, 1.165) is 25.3 Å². The predicted molar refractivity (Wildman–Crippen MR) is 74.7 cm³/mol. The molecule has 0 unspecified atom stereocenters. The van der Waals surface area contributed by atoms with Crippen molar-refractivity contribution in [2.24, 2.45) is 0 Å². The van der Waals surface area contributed by atoms with Crippen molar-refractivity contribution >= 4 is 21.9 Å². The molecule has 1 aromatic carbocycles. The molecule has 0 heterocycles. The average molecular weight is 347 g/mol. The van der Waals surface area contributed by atoms with Crippen molar-refractivity contribution in [2.75, 3.05) is 7.11 Å². The largest absolute Gasteiger partial charge is 0.504 e. The van der Waals surface area contributed by atoms with E-state index in [-0.39, 0.29) is 21.5 Å². The Labute approximate surface area is 124 Å². The van der Waals surface area contributed by atoms with Crippen molar-refractivity contribution in [3.63, 3.8) is 0 Å². The monoisotopic (exact) mass is 346 g/mol. The molecule has 1 fully saturated rings. The number of carboxylic acid groups (broad SMARTS) is 1. The van der Waals surface area contributed by atoms with E-state index in [9.17, 15) is 19.4 Å². The van der Waals surface area contributed by atoms with Gasteiger partial charge in [0.05, 0.1) is 17.0 Å². The summed E-state index contributed by atoms with van der Waals surface area (Å²) in [4.78, 5) is 11.8. The highest BCUT2D eigenvalue weighted by molar-refractivity contribution is 9.10. The molecule has 2 N–H and O–H groups in total. The van der Waals surface area contributed by atoms with E-state index in [4.69, 9.17) is 4.74 Å². The zero-order valence-corrected chi connectivity index (χ0v) is 12.7. The van der Waals surface area contributed by atoms with Crippen LogP contribution in [0.4, 0.5) is 4.39 Å². The third-order valence-electron chi connectivity index (χ3n) is 3.95. The number of phenolic OH excluding ortho intramolecular Hbond substituents is 1. The number of halogens is 2. The number of aliphatic carboxylic acids is 1. The molecular formula is C14H16BrFO4. The number of carbonyl (C=O) groups is 1. The number of benzene rings is 1. The summed E-state index contributed by atoms with van der Waals surface area (Å²) >= 11 is 3.19. The van der Waals surface area contributed by atoms with Crippen molar-refractivity contribution in [1.29, 1.82) is 0 Å². The molecule has 6 heteroatoms. The molecule has 0 radical (unpaired) electrons. The molecule has 1 aromatic rings. The van der Waals surface area contributed by atoms with Crippen molar-refractivity contribution in [3.05, 3.63) is 21.9 Å². The van der Waals surface area contributed by atoms with Crippen LogP contribution in [-0.4, -0.2) is 23.3 Å². The highest BCUT2D eigenvalue weighted by Gasteiger charge is 2.45. The zero-order chi connectivity index (χ0) is 14.9. The van der Waals surface area contributed by atoms with Crippen LogP contribution in [-0.2, 0) is 10.2 Å². The summed E-state index contributed by atoms with van der Waals surface area (Å²) in [6.07, 6.45) is 3.18. The number of carboxylic acids is 1. The van der Waals surface area contributed by atoms with Crippen LogP contribution in [0, 0.1) is 5.82 Å². The second-order valence-electron chi connectivity index (χ2n) is 5.05. The molecule has 1 saturated carbocycles. The van der Waals surface area contributed by atoms with Crippen molar-refractivity contribution in [3.8, 4) is 11.5 Å². The smallest absolute Gasteiger partial charge is 0.314 e. The predicted octanol–water partition coefficient (Wildman–Crippen LogP) is 3.59. The van der Waals surface area contributed by atoms with Crippen molar-refractivity contribution in [2.45, 2.75) is 37.5 Å². The van der Waals surface area contributed by atoms with Crippen molar-refractivity contribution < 1.29 is 24.1 Å². The number of aromatic hydroxyl groups is 1. The number of ether oxygens (including phenoxy) is 1. The molecule has 20 heavy (non-hydrogen) atoms. The number of hydrogen-bond donors (Lipinski definition) is 2. The number of rotatable bonds is 3. The van der Waals surface area contributed by atoms with Gasteiger partial charge in [-0.15, -0.1) is 0 Å². The molecule has 1 aliphatic rings. The first-order valence-corrected chi connectivity index (χ1v) is 7.22. The van der Waals surface area contributed by atoms with Crippen LogP contribution < -0.4 is 4.74 Å². The fourth-order valence-corrected chi connectivity index (χ4v) is 3.88. The standard InChI is InChI=1S/C14H16BrFO4/c1-20-12-9(17)7-8(16)10(11(12)15)14(13(18)19)5-3-2-4-6-14/h7,17H,2-6H2,1H3,(H,18,19). The Kier molecular flexibility index (Phi) is 4.22. The van der Waals surface area contributed by atoms with E-state index in [1.807, 2.05) is 0 Å². The van der Waals surface area contributed by atoms with Gasteiger partial charge in [-0.25, -0.2) is 4.39 Å². The quantitative estimate of drug-likeness (QED) is 0.877. The Bertz CT molecular complexity index is 538. The van der Waals surface area contributed by atoms with Gasteiger partial charge in [-0.3, -0.25) is 4.79 Å². The third-order valence-corrected chi connectivity index (χ3v) is 4.71. The lowest BCUT2D eigenvalue weighted by Gasteiger charge is -2.35. The lowest BCUT2D eigenvalue weighted by molar-refractivity contribution is -0.145. The van der Waals surface area contributed by atoms with Crippen LogP contribution >= 0.6 is 15.9 Å². The van der Waals surface area contributed by atoms with Gasteiger partial charge < -0.3 is 14.9 Å². The summed E-state index contributed by atoms with van der Waals surface area (Å²) in [6.45, 7) is 0. The first-order chi connectivity index (χ1) is 9.44. The van der Waals surface area contributed by atoms with Crippen LogP contribution in [0.25, 0.3) is 0 Å². The van der Waals surface area contributed by atoms with Gasteiger partial charge in [-0.2, -0.15) is 0 Å². The van der Waals surface area contributed by atoms with Crippen LogP contribution in [0.1, 0.15) is 37.7 Å². The van der Waals surface area contributed by atoms with Gasteiger partial charge in [-0.05, 0) is 28.8 Å². The van der Waals surface area contributed by atoms with Crippen molar-refractivity contribution in [1.82, 2.24) is 0 Å². The Morgan fingerprint density at radius 3 is 2.50 bits per heavy atom. The van der Waals surface area contributed by atoms with Gasteiger partial charge in [0.2, 0.25) is 0 Å². The maximum Gasteiger partial charge on any atom is 0.314 e. The molecule has 0 amide bonds. The topological polar surface area (TPSA) is 66.8 Å². The molecule has 0 spiro atoms. The summed E-state index contributed by atoms with van der Waals surface area (Å²) in [5.74, 6) is -2.05. The summed E-state index contributed by atoms with van der Waals surface area (Å²) in [5, 5.41) is 19.3. The first-order valence-electron chi connectivity index (χ1n) is 6.43. The van der Waals surface area contributed by atoms with Gasteiger partial charge in [0, 0.05) is 11.6 Å². The lowest BCUT2D eigenvalue weighted by atomic mass is 9.69. The molecule has 110 valence electrons.